The number of carbonyl (C=O) groups is 2. The predicted octanol–water partition coefficient (Wildman–Crippen LogP) is 3.55. The van der Waals surface area contributed by atoms with Crippen molar-refractivity contribution in [2.75, 3.05) is 20.8 Å². The van der Waals surface area contributed by atoms with Crippen molar-refractivity contribution in [2.45, 2.75) is 6.92 Å². The lowest BCUT2D eigenvalue weighted by molar-refractivity contribution is -0.142. The molecule has 9 nitrogen and oxygen atoms in total. The molecule has 0 saturated carbocycles. The number of hydrogen-bond donors (Lipinski definition) is 2. The van der Waals surface area contributed by atoms with Gasteiger partial charge in [0.25, 0.3) is 0 Å². The molecule has 0 spiro atoms. The Bertz CT molecular complexity index is 1320. The quantitative estimate of drug-likeness (QED) is 0.561. The average molecular weight is 437 g/mol. The summed E-state index contributed by atoms with van der Waals surface area (Å²) in [5.41, 5.74) is 2.23. The Balaban J connectivity index is 1.96. The topological polar surface area (TPSA) is 128 Å². The summed E-state index contributed by atoms with van der Waals surface area (Å²) in [6.07, 6.45) is 1.36. The number of ketones is 1. The summed E-state index contributed by atoms with van der Waals surface area (Å²) in [4.78, 5) is 28.9. The normalized spacial score (nSPS) is 14.3. The lowest BCUT2D eigenvalue weighted by Crippen LogP contribution is -2.18. The predicted molar refractivity (Wildman–Crippen MR) is 115 cm³/mol. The van der Waals surface area contributed by atoms with Gasteiger partial charge in [0.2, 0.25) is 6.61 Å². The van der Waals surface area contributed by atoms with Gasteiger partial charge >= 0.3 is 5.97 Å². The highest BCUT2D eigenvalue weighted by atomic mass is 16.6. The molecule has 3 aromatic rings. The molecule has 4 rings (SSSR count). The monoisotopic (exact) mass is 437 g/mol. The average Bonchev–Trinajstić information content (AvgIpc) is 3.15. The Hall–Kier alpha value is -4.27. The molecule has 0 atom stereocenters. The van der Waals surface area contributed by atoms with Crippen LogP contribution < -0.4 is 9.47 Å². The second-order valence-electron chi connectivity index (χ2n) is 7.01. The Morgan fingerprint density at radius 1 is 1.06 bits per heavy atom. The zero-order valence-electron chi connectivity index (χ0n) is 17.5. The second kappa shape index (κ2) is 8.10. The molecule has 164 valence electrons. The molecule has 9 heteroatoms. The van der Waals surface area contributed by atoms with Gasteiger partial charge in [0.05, 0.1) is 14.2 Å². The van der Waals surface area contributed by atoms with Gasteiger partial charge in [0, 0.05) is 22.1 Å². The van der Waals surface area contributed by atoms with E-state index in [9.17, 15) is 14.7 Å². The van der Waals surface area contributed by atoms with Crippen molar-refractivity contribution in [2.24, 2.45) is 5.16 Å². The van der Waals surface area contributed by atoms with Gasteiger partial charge in [-0.25, -0.2) is 4.79 Å². The highest BCUT2D eigenvalue weighted by Gasteiger charge is 2.29. The van der Waals surface area contributed by atoms with Crippen LogP contribution in [0.25, 0.3) is 16.5 Å². The van der Waals surface area contributed by atoms with Gasteiger partial charge in [-0.1, -0.05) is 5.16 Å². The highest BCUT2D eigenvalue weighted by Crippen LogP contribution is 2.40. The maximum Gasteiger partial charge on any atom is 0.344 e. The fourth-order valence-corrected chi connectivity index (χ4v) is 3.63. The van der Waals surface area contributed by atoms with E-state index in [0.717, 1.165) is 0 Å². The number of furan rings is 1. The molecule has 0 unspecified atom stereocenters. The summed E-state index contributed by atoms with van der Waals surface area (Å²) in [6.45, 7) is 1.12. The summed E-state index contributed by atoms with van der Waals surface area (Å²) >= 11 is 0. The smallest absolute Gasteiger partial charge is 0.344 e. The molecule has 1 aromatic heterocycles. The van der Waals surface area contributed by atoms with E-state index in [1.54, 1.807) is 25.1 Å². The lowest BCUT2D eigenvalue weighted by Gasteiger charge is -2.20. The van der Waals surface area contributed by atoms with Gasteiger partial charge in [-0.2, -0.15) is 0 Å². The number of carboxylic acid groups (broad SMARTS) is 1. The first-order valence-corrected chi connectivity index (χ1v) is 9.51. The molecule has 0 amide bonds. The SMILES string of the molecule is COc1cc2c(cc1O)C(=O)C=C(c1ccc(OC)c3oc(C)cc13)/C2=N\OCC(=O)O. The molecule has 0 fully saturated rings. The minimum atomic E-state index is -1.20. The van der Waals surface area contributed by atoms with Gasteiger partial charge < -0.3 is 28.9 Å². The number of methoxy groups -OCH3 is 2. The van der Waals surface area contributed by atoms with Crippen LogP contribution in [0.2, 0.25) is 0 Å². The van der Waals surface area contributed by atoms with E-state index in [2.05, 4.69) is 5.16 Å². The fraction of sp³-hybridized carbons (Fsp3) is 0.174. The van der Waals surface area contributed by atoms with Crippen molar-refractivity contribution in [1.29, 1.82) is 0 Å². The Morgan fingerprint density at radius 2 is 1.81 bits per heavy atom. The number of hydrogen-bond acceptors (Lipinski definition) is 8. The molecular weight excluding hydrogens is 418 g/mol. The maximum atomic E-state index is 12.9. The number of phenolic OH excluding ortho intramolecular Hbond substituents is 1. The maximum absolute atomic E-state index is 12.9. The van der Waals surface area contributed by atoms with E-state index in [0.29, 0.717) is 39.2 Å². The van der Waals surface area contributed by atoms with Crippen molar-refractivity contribution in [3.05, 3.63) is 58.9 Å². The van der Waals surface area contributed by atoms with Crippen LogP contribution in [0.3, 0.4) is 0 Å². The molecule has 1 aliphatic rings. The number of allylic oxidation sites excluding steroid dienone is 2. The lowest BCUT2D eigenvalue weighted by atomic mass is 9.84. The Kier molecular flexibility index (Phi) is 5.31. The van der Waals surface area contributed by atoms with Crippen molar-refractivity contribution in [3.63, 3.8) is 0 Å². The Labute approximate surface area is 182 Å². The van der Waals surface area contributed by atoms with E-state index in [1.807, 2.05) is 0 Å². The van der Waals surface area contributed by atoms with E-state index in [1.165, 1.54) is 32.4 Å². The van der Waals surface area contributed by atoms with E-state index in [-0.39, 0.29) is 28.6 Å². The zero-order chi connectivity index (χ0) is 23.0. The first-order chi connectivity index (χ1) is 15.3. The third kappa shape index (κ3) is 3.53. The Morgan fingerprint density at radius 3 is 2.50 bits per heavy atom. The standard InChI is InChI=1S/C23H19NO8/c1-11-6-16-12(4-5-19(29-2)23(16)32-11)14-8-17(25)13-7-18(26)20(30-3)9-15(13)22(14)24-31-10-21(27)28/h4-9,26H,10H2,1-3H3,(H,27,28)/b24-22+. The number of nitrogens with zero attached hydrogens (tertiary/aromatic N) is 1. The van der Waals surface area contributed by atoms with Gasteiger partial charge in [-0.3, -0.25) is 4.79 Å². The second-order valence-corrected chi connectivity index (χ2v) is 7.01. The van der Waals surface area contributed by atoms with Crippen molar-refractivity contribution >= 4 is 34.0 Å². The van der Waals surface area contributed by atoms with Crippen molar-refractivity contribution < 1.29 is 38.5 Å². The highest BCUT2D eigenvalue weighted by molar-refractivity contribution is 6.41. The van der Waals surface area contributed by atoms with Crippen LogP contribution in [0.4, 0.5) is 0 Å². The zero-order valence-corrected chi connectivity index (χ0v) is 17.5. The number of carbonyl (C=O) groups excluding carboxylic acids is 1. The third-order valence-corrected chi connectivity index (χ3v) is 4.99. The molecule has 0 aliphatic heterocycles. The number of aromatic hydroxyl groups is 1. The van der Waals surface area contributed by atoms with Gasteiger partial charge in [0.1, 0.15) is 11.5 Å². The number of ether oxygens (including phenoxy) is 2. The number of carboxylic acids is 1. The van der Waals surface area contributed by atoms with Crippen LogP contribution in [0.5, 0.6) is 17.2 Å². The number of phenols is 1. The minimum absolute atomic E-state index is 0.128. The summed E-state index contributed by atoms with van der Waals surface area (Å²) in [6, 6.07) is 8.00. The third-order valence-electron chi connectivity index (χ3n) is 4.99. The van der Waals surface area contributed by atoms with Crippen LogP contribution in [-0.2, 0) is 9.63 Å². The van der Waals surface area contributed by atoms with Crippen LogP contribution >= 0.6 is 0 Å². The summed E-state index contributed by atoms with van der Waals surface area (Å²) in [5.74, 6) is -0.488. The first-order valence-electron chi connectivity index (χ1n) is 9.51. The van der Waals surface area contributed by atoms with Gasteiger partial charge in [0.15, 0.2) is 28.6 Å². The molecule has 0 radical (unpaired) electrons. The van der Waals surface area contributed by atoms with E-state index >= 15 is 0 Å². The first kappa shape index (κ1) is 21.0. The molecule has 0 saturated heterocycles. The van der Waals surface area contributed by atoms with Crippen LogP contribution in [-0.4, -0.2) is 48.5 Å². The fourth-order valence-electron chi connectivity index (χ4n) is 3.63. The molecular formula is C23H19NO8. The van der Waals surface area contributed by atoms with Crippen molar-refractivity contribution in [3.8, 4) is 17.2 Å². The van der Waals surface area contributed by atoms with Crippen molar-refractivity contribution in [1.82, 2.24) is 0 Å². The molecule has 32 heavy (non-hydrogen) atoms. The summed E-state index contributed by atoms with van der Waals surface area (Å²) < 4.78 is 16.3. The summed E-state index contributed by atoms with van der Waals surface area (Å²) in [5, 5.41) is 23.8. The molecule has 1 aliphatic carbocycles. The number of aryl methyl sites for hydroxylation is 1. The van der Waals surface area contributed by atoms with Gasteiger partial charge in [-0.15, -0.1) is 0 Å². The molecule has 0 bridgehead atoms. The van der Waals surface area contributed by atoms with Crippen LogP contribution in [0.1, 0.15) is 27.2 Å². The number of benzene rings is 2. The van der Waals surface area contributed by atoms with Gasteiger partial charge in [-0.05, 0) is 48.9 Å². The molecule has 1 heterocycles. The number of fused-ring (bicyclic) bond motifs is 2. The largest absolute Gasteiger partial charge is 0.504 e. The van der Waals surface area contributed by atoms with E-state index in [4.69, 9.17) is 23.8 Å². The minimum Gasteiger partial charge on any atom is -0.504 e. The number of aliphatic carboxylic acids is 1. The molecule has 2 N–H and O–H groups in total. The summed E-state index contributed by atoms with van der Waals surface area (Å²) in [7, 11) is 2.90. The number of rotatable bonds is 6. The molecule has 2 aromatic carbocycles. The van der Waals surface area contributed by atoms with Crippen LogP contribution in [0.15, 0.2) is 46.0 Å². The van der Waals surface area contributed by atoms with E-state index < -0.39 is 12.6 Å². The number of oxime groups is 1. The van der Waals surface area contributed by atoms with Crippen LogP contribution in [0, 0.1) is 6.92 Å².